The highest BCUT2D eigenvalue weighted by Crippen LogP contribution is 2.28. The van der Waals surface area contributed by atoms with Crippen molar-refractivity contribution in [1.29, 1.82) is 0 Å². The van der Waals surface area contributed by atoms with Crippen LogP contribution in [0, 0.1) is 5.82 Å². The Morgan fingerprint density at radius 2 is 2.04 bits per heavy atom. The number of ether oxygens (including phenoxy) is 1. The topological polar surface area (TPSA) is 75.6 Å². The van der Waals surface area contributed by atoms with Gasteiger partial charge < -0.3 is 15.2 Å². The first-order valence-corrected chi connectivity index (χ1v) is 8.29. The maximum atomic E-state index is 13.1. The Bertz CT molecular complexity index is 569. The molecule has 2 atom stereocenters. The summed E-state index contributed by atoms with van der Waals surface area (Å²) in [5.74, 6) is -1.87. The number of aliphatic carboxylic acids is 1. The van der Waals surface area contributed by atoms with Gasteiger partial charge in [-0.3, -0.25) is 9.59 Å². The van der Waals surface area contributed by atoms with Crippen molar-refractivity contribution in [3.05, 3.63) is 35.6 Å². The second-order valence-electron chi connectivity index (χ2n) is 6.44. The fourth-order valence-corrected chi connectivity index (χ4v) is 3.01. The molecular weight excluding hydrogens is 313 g/mol. The molecule has 1 fully saturated rings. The molecule has 0 radical (unpaired) electrons. The largest absolute Gasteiger partial charge is 0.481 e. The van der Waals surface area contributed by atoms with Crippen LogP contribution in [0.2, 0.25) is 0 Å². The summed E-state index contributed by atoms with van der Waals surface area (Å²) in [5, 5.41) is 12.0. The van der Waals surface area contributed by atoms with E-state index in [1.165, 1.54) is 24.3 Å². The lowest BCUT2D eigenvalue weighted by Crippen LogP contribution is -2.44. The fourth-order valence-electron chi connectivity index (χ4n) is 3.01. The molecular formula is C18H24FNO4. The van der Waals surface area contributed by atoms with Crippen LogP contribution in [-0.4, -0.2) is 36.2 Å². The van der Waals surface area contributed by atoms with Crippen LogP contribution in [-0.2, 0) is 19.7 Å². The van der Waals surface area contributed by atoms with Crippen LogP contribution in [0.25, 0.3) is 0 Å². The van der Waals surface area contributed by atoms with Crippen molar-refractivity contribution in [2.45, 2.75) is 50.5 Å². The minimum atomic E-state index is -1.24. The summed E-state index contributed by atoms with van der Waals surface area (Å²) < 4.78 is 18.7. The van der Waals surface area contributed by atoms with Gasteiger partial charge in [0.05, 0.1) is 17.9 Å². The number of benzene rings is 1. The van der Waals surface area contributed by atoms with Crippen molar-refractivity contribution in [1.82, 2.24) is 5.32 Å². The molecule has 6 heteroatoms. The first-order chi connectivity index (χ1) is 11.4. The third-order valence-corrected chi connectivity index (χ3v) is 4.51. The summed E-state index contributed by atoms with van der Waals surface area (Å²) in [6, 6.07) is 5.39. The van der Waals surface area contributed by atoms with Crippen LogP contribution in [0.1, 0.15) is 44.6 Å². The molecule has 1 aromatic rings. The lowest BCUT2D eigenvalue weighted by molar-refractivity contribution is -0.142. The molecule has 1 aromatic carbocycles. The molecule has 5 nitrogen and oxygen atoms in total. The van der Waals surface area contributed by atoms with Crippen LogP contribution in [0.4, 0.5) is 4.39 Å². The number of hydrogen-bond donors (Lipinski definition) is 2. The van der Waals surface area contributed by atoms with Gasteiger partial charge in [-0.05, 0) is 50.3 Å². The molecule has 1 aliphatic heterocycles. The second-order valence-corrected chi connectivity index (χ2v) is 6.44. The molecule has 24 heavy (non-hydrogen) atoms. The molecule has 132 valence electrons. The molecule has 0 spiro atoms. The van der Waals surface area contributed by atoms with E-state index in [-0.39, 0.29) is 18.4 Å². The molecule has 0 saturated carbocycles. The Labute approximate surface area is 141 Å². The zero-order valence-electron chi connectivity index (χ0n) is 13.9. The summed E-state index contributed by atoms with van der Waals surface area (Å²) >= 11 is 0. The number of carboxylic acids is 1. The SMILES string of the molecule is CC(CC(=O)O)(C(=O)NCCC1CCCCO1)c1ccc(F)cc1. The number of rotatable bonds is 7. The number of nitrogens with one attached hydrogen (secondary N) is 1. The molecule has 2 N–H and O–H groups in total. The van der Waals surface area contributed by atoms with Crippen molar-refractivity contribution in [2.75, 3.05) is 13.2 Å². The van der Waals surface area contributed by atoms with E-state index in [0.29, 0.717) is 18.5 Å². The van der Waals surface area contributed by atoms with Gasteiger partial charge in [0, 0.05) is 13.2 Å². The number of carbonyl (C=O) groups excluding carboxylic acids is 1. The number of halogens is 1. The van der Waals surface area contributed by atoms with Gasteiger partial charge in [0.15, 0.2) is 0 Å². The van der Waals surface area contributed by atoms with Crippen molar-refractivity contribution in [3.63, 3.8) is 0 Å². The zero-order chi connectivity index (χ0) is 17.6. The van der Waals surface area contributed by atoms with Crippen LogP contribution in [0.15, 0.2) is 24.3 Å². The normalized spacial score (nSPS) is 20.2. The summed E-state index contributed by atoms with van der Waals surface area (Å²) in [6.45, 7) is 2.76. The van der Waals surface area contributed by atoms with E-state index in [1.54, 1.807) is 6.92 Å². The molecule has 2 rings (SSSR count). The number of amides is 1. The Morgan fingerprint density at radius 3 is 2.62 bits per heavy atom. The average Bonchev–Trinajstić information content (AvgIpc) is 2.55. The summed E-state index contributed by atoms with van der Waals surface area (Å²) in [7, 11) is 0. The Balaban J connectivity index is 2.01. The molecule has 1 aliphatic rings. The predicted octanol–water partition coefficient (Wildman–Crippen LogP) is 2.63. The van der Waals surface area contributed by atoms with E-state index in [1.807, 2.05) is 0 Å². The first kappa shape index (κ1) is 18.4. The molecule has 0 bridgehead atoms. The van der Waals surface area contributed by atoms with E-state index < -0.39 is 17.2 Å². The highest BCUT2D eigenvalue weighted by Gasteiger charge is 2.37. The molecule has 1 saturated heterocycles. The first-order valence-electron chi connectivity index (χ1n) is 8.29. The van der Waals surface area contributed by atoms with Crippen molar-refractivity contribution < 1.29 is 23.8 Å². The number of carboxylic acid groups (broad SMARTS) is 1. The van der Waals surface area contributed by atoms with Crippen LogP contribution < -0.4 is 5.32 Å². The predicted molar refractivity (Wildman–Crippen MR) is 87.2 cm³/mol. The van der Waals surface area contributed by atoms with Crippen molar-refractivity contribution >= 4 is 11.9 Å². The van der Waals surface area contributed by atoms with Gasteiger partial charge in [-0.2, -0.15) is 0 Å². The highest BCUT2D eigenvalue weighted by molar-refractivity contribution is 5.91. The number of hydrogen-bond acceptors (Lipinski definition) is 3. The minimum absolute atomic E-state index is 0.149. The van der Waals surface area contributed by atoms with Crippen LogP contribution in [0.5, 0.6) is 0 Å². The average molecular weight is 337 g/mol. The van der Waals surface area contributed by atoms with Gasteiger partial charge in [-0.1, -0.05) is 12.1 Å². The van der Waals surface area contributed by atoms with E-state index in [0.717, 1.165) is 25.9 Å². The van der Waals surface area contributed by atoms with E-state index in [9.17, 15) is 14.0 Å². The van der Waals surface area contributed by atoms with E-state index in [2.05, 4.69) is 5.32 Å². The number of carbonyl (C=O) groups is 2. The Morgan fingerprint density at radius 1 is 1.33 bits per heavy atom. The van der Waals surface area contributed by atoms with Crippen molar-refractivity contribution in [3.8, 4) is 0 Å². The lowest BCUT2D eigenvalue weighted by atomic mass is 9.78. The van der Waals surface area contributed by atoms with Gasteiger partial charge in [0.2, 0.25) is 5.91 Å². The smallest absolute Gasteiger partial charge is 0.304 e. The quantitative estimate of drug-likeness (QED) is 0.802. The van der Waals surface area contributed by atoms with Gasteiger partial charge in [-0.25, -0.2) is 4.39 Å². The Kier molecular flexibility index (Phi) is 6.31. The van der Waals surface area contributed by atoms with Gasteiger partial charge in [0.25, 0.3) is 0 Å². The lowest BCUT2D eigenvalue weighted by Gasteiger charge is -2.28. The third-order valence-electron chi connectivity index (χ3n) is 4.51. The second kappa shape index (κ2) is 8.24. The van der Waals surface area contributed by atoms with E-state index >= 15 is 0 Å². The van der Waals surface area contributed by atoms with E-state index in [4.69, 9.17) is 9.84 Å². The van der Waals surface area contributed by atoms with Gasteiger partial charge in [-0.15, -0.1) is 0 Å². The van der Waals surface area contributed by atoms with Crippen molar-refractivity contribution in [2.24, 2.45) is 0 Å². The maximum Gasteiger partial charge on any atom is 0.304 e. The summed E-state index contributed by atoms with van der Waals surface area (Å²) in [6.07, 6.45) is 3.69. The molecule has 1 amide bonds. The molecule has 1 heterocycles. The molecule has 0 aromatic heterocycles. The molecule has 2 unspecified atom stereocenters. The monoisotopic (exact) mass is 337 g/mol. The molecule has 0 aliphatic carbocycles. The fraction of sp³-hybridized carbons (Fsp3) is 0.556. The van der Waals surface area contributed by atoms with Gasteiger partial charge >= 0.3 is 5.97 Å². The zero-order valence-corrected chi connectivity index (χ0v) is 13.9. The standard InChI is InChI=1S/C18H24FNO4/c1-18(12-16(21)22,13-5-7-14(19)8-6-13)17(23)20-10-9-15-4-2-3-11-24-15/h5-8,15H,2-4,9-12H2,1H3,(H,20,23)(H,21,22). The van der Waals surface area contributed by atoms with Gasteiger partial charge in [0.1, 0.15) is 5.82 Å². The maximum absolute atomic E-state index is 13.1. The minimum Gasteiger partial charge on any atom is -0.481 e. The highest BCUT2D eigenvalue weighted by atomic mass is 19.1. The third kappa shape index (κ3) is 4.77. The van der Waals surface area contributed by atoms with Crippen LogP contribution >= 0.6 is 0 Å². The Hall–Kier alpha value is -1.95. The summed E-state index contributed by atoms with van der Waals surface area (Å²) in [4.78, 5) is 23.8. The van der Waals surface area contributed by atoms with Crippen LogP contribution in [0.3, 0.4) is 0 Å². The summed E-state index contributed by atoms with van der Waals surface area (Å²) in [5.41, 5.74) is -0.759.